The zero-order chi connectivity index (χ0) is 11.3. The molecule has 1 saturated heterocycles. The summed E-state index contributed by atoms with van der Waals surface area (Å²) in [5, 5.41) is 4.27. The van der Waals surface area contributed by atoms with Gasteiger partial charge in [-0.3, -0.25) is 0 Å². The fourth-order valence-corrected chi connectivity index (χ4v) is 3.21. The number of hydrogen-bond donors (Lipinski definition) is 1. The van der Waals surface area contributed by atoms with E-state index < -0.39 is 0 Å². The monoisotopic (exact) mass is 237 g/mol. The summed E-state index contributed by atoms with van der Waals surface area (Å²) >= 11 is 6.25. The van der Waals surface area contributed by atoms with Crippen LogP contribution in [0.15, 0.2) is 12.1 Å². The molecule has 16 heavy (non-hydrogen) atoms. The maximum atomic E-state index is 6.25. The molecule has 0 aliphatic carbocycles. The molecule has 2 heterocycles. The maximum Gasteiger partial charge on any atom is 0.0863 e. The summed E-state index contributed by atoms with van der Waals surface area (Å²) in [4.78, 5) is 0. The van der Waals surface area contributed by atoms with E-state index in [9.17, 15) is 0 Å². The number of rotatable bonds is 0. The van der Waals surface area contributed by atoms with Gasteiger partial charge in [-0.05, 0) is 31.0 Å². The summed E-state index contributed by atoms with van der Waals surface area (Å²) < 4.78 is 6.00. The topological polar surface area (TPSA) is 21.3 Å². The Balaban J connectivity index is 2.19. The highest BCUT2D eigenvalue weighted by Gasteiger charge is 2.45. The number of ether oxygens (including phenoxy) is 1. The molecular formula is C13H16ClNO. The Morgan fingerprint density at radius 1 is 1.50 bits per heavy atom. The lowest BCUT2D eigenvalue weighted by Crippen LogP contribution is -2.40. The van der Waals surface area contributed by atoms with Gasteiger partial charge in [0.1, 0.15) is 0 Å². The van der Waals surface area contributed by atoms with Crippen LogP contribution in [0.5, 0.6) is 0 Å². The van der Waals surface area contributed by atoms with Crippen LogP contribution in [0, 0.1) is 6.92 Å². The minimum atomic E-state index is -0.0531. The number of benzene rings is 1. The first-order valence-corrected chi connectivity index (χ1v) is 6.12. The van der Waals surface area contributed by atoms with Crippen LogP contribution in [0.2, 0.25) is 5.02 Å². The summed E-state index contributed by atoms with van der Waals surface area (Å²) in [6.07, 6.45) is 0. The summed E-state index contributed by atoms with van der Waals surface area (Å²) in [5.74, 6) is 0.440. The van der Waals surface area contributed by atoms with Crippen molar-refractivity contribution in [2.75, 3.05) is 13.1 Å². The number of aryl methyl sites for hydroxylation is 1. The number of fused-ring (bicyclic) bond motifs is 3. The van der Waals surface area contributed by atoms with Gasteiger partial charge in [0, 0.05) is 29.6 Å². The highest BCUT2D eigenvalue weighted by molar-refractivity contribution is 6.31. The molecule has 3 rings (SSSR count). The van der Waals surface area contributed by atoms with Crippen LogP contribution >= 0.6 is 11.6 Å². The smallest absolute Gasteiger partial charge is 0.0863 e. The number of hydrogen-bond acceptors (Lipinski definition) is 2. The molecule has 0 radical (unpaired) electrons. The van der Waals surface area contributed by atoms with Gasteiger partial charge in [-0.15, -0.1) is 0 Å². The van der Waals surface area contributed by atoms with Gasteiger partial charge in [-0.25, -0.2) is 0 Å². The molecule has 0 bridgehead atoms. The Bertz CT molecular complexity index is 446. The van der Waals surface area contributed by atoms with E-state index in [1.54, 1.807) is 0 Å². The molecule has 0 amide bonds. The molecule has 0 spiro atoms. The van der Waals surface area contributed by atoms with Crippen molar-refractivity contribution >= 4 is 11.6 Å². The van der Waals surface area contributed by atoms with Gasteiger partial charge in [0.2, 0.25) is 0 Å². The second kappa shape index (κ2) is 3.46. The van der Waals surface area contributed by atoms with Crippen molar-refractivity contribution in [1.82, 2.24) is 5.32 Å². The van der Waals surface area contributed by atoms with Crippen molar-refractivity contribution in [3.63, 3.8) is 0 Å². The molecular weight excluding hydrogens is 222 g/mol. The van der Waals surface area contributed by atoms with Crippen molar-refractivity contribution in [3.8, 4) is 0 Å². The van der Waals surface area contributed by atoms with Crippen molar-refractivity contribution in [2.45, 2.75) is 32.0 Å². The highest BCUT2D eigenvalue weighted by atomic mass is 35.5. The van der Waals surface area contributed by atoms with E-state index in [1.807, 2.05) is 6.07 Å². The molecule has 2 aliphatic heterocycles. The third-order valence-electron chi connectivity index (χ3n) is 3.97. The fraction of sp³-hybridized carbons (Fsp3) is 0.538. The first-order valence-electron chi connectivity index (χ1n) is 5.74. The van der Waals surface area contributed by atoms with Crippen molar-refractivity contribution in [3.05, 3.63) is 33.8 Å². The van der Waals surface area contributed by atoms with Gasteiger partial charge in [-0.1, -0.05) is 17.7 Å². The standard InChI is InChI=1S/C13H16ClNO/c1-8-3-4-11(14)9-6-16-13(2)7-15-5-10(13)12(8)9/h3-4,10,15H,5-7H2,1-2H3/t10-,13-/m1/s1. The second-order valence-corrected chi connectivity index (χ2v) is 5.45. The zero-order valence-electron chi connectivity index (χ0n) is 9.64. The summed E-state index contributed by atoms with van der Waals surface area (Å²) in [7, 11) is 0. The Morgan fingerprint density at radius 3 is 3.12 bits per heavy atom. The minimum Gasteiger partial charge on any atom is -0.369 e. The Morgan fingerprint density at radius 2 is 2.31 bits per heavy atom. The van der Waals surface area contributed by atoms with Gasteiger partial charge in [0.25, 0.3) is 0 Å². The first kappa shape index (κ1) is 10.6. The first-order chi connectivity index (χ1) is 7.62. The van der Waals surface area contributed by atoms with E-state index in [1.165, 1.54) is 16.7 Å². The van der Waals surface area contributed by atoms with Crippen molar-refractivity contribution < 1.29 is 4.74 Å². The van der Waals surface area contributed by atoms with E-state index >= 15 is 0 Å². The normalized spacial score (nSPS) is 32.3. The zero-order valence-corrected chi connectivity index (χ0v) is 10.4. The average molecular weight is 238 g/mol. The summed E-state index contributed by atoms with van der Waals surface area (Å²) in [6, 6.07) is 4.09. The molecule has 2 aliphatic rings. The second-order valence-electron chi connectivity index (χ2n) is 5.04. The summed E-state index contributed by atoms with van der Waals surface area (Å²) in [6.45, 7) is 6.93. The SMILES string of the molecule is Cc1ccc(Cl)c2c1[C@H]1CNC[C@@]1(C)OC2. The van der Waals surface area contributed by atoms with Crippen LogP contribution < -0.4 is 5.32 Å². The quantitative estimate of drug-likeness (QED) is 0.749. The molecule has 1 aromatic carbocycles. The van der Waals surface area contributed by atoms with Crippen molar-refractivity contribution in [1.29, 1.82) is 0 Å². The van der Waals surface area contributed by atoms with Gasteiger partial charge in [-0.2, -0.15) is 0 Å². The predicted molar refractivity (Wildman–Crippen MR) is 65.0 cm³/mol. The Labute approximate surface area is 101 Å². The average Bonchev–Trinajstić information content (AvgIpc) is 2.64. The molecule has 2 atom stereocenters. The lowest BCUT2D eigenvalue weighted by molar-refractivity contribution is -0.0519. The van der Waals surface area contributed by atoms with Crippen LogP contribution in [0.25, 0.3) is 0 Å². The van der Waals surface area contributed by atoms with E-state index in [0.717, 1.165) is 18.1 Å². The van der Waals surface area contributed by atoms with E-state index in [4.69, 9.17) is 16.3 Å². The molecule has 0 saturated carbocycles. The molecule has 2 nitrogen and oxygen atoms in total. The van der Waals surface area contributed by atoms with Crippen LogP contribution in [0.3, 0.4) is 0 Å². The lowest BCUT2D eigenvalue weighted by Gasteiger charge is -2.38. The molecule has 3 heteroatoms. The lowest BCUT2D eigenvalue weighted by atomic mass is 9.79. The number of halogens is 1. The molecule has 0 aromatic heterocycles. The Hall–Kier alpha value is -0.570. The summed E-state index contributed by atoms with van der Waals surface area (Å²) in [5.41, 5.74) is 3.88. The largest absolute Gasteiger partial charge is 0.369 e. The Kier molecular flexibility index (Phi) is 2.29. The van der Waals surface area contributed by atoms with E-state index in [0.29, 0.717) is 12.5 Å². The third-order valence-corrected chi connectivity index (χ3v) is 4.33. The maximum absolute atomic E-state index is 6.25. The predicted octanol–water partition coefficient (Wildman–Crippen LogP) is 2.62. The fourth-order valence-electron chi connectivity index (χ4n) is 2.99. The molecule has 1 aromatic rings. The van der Waals surface area contributed by atoms with Gasteiger partial charge in [0.15, 0.2) is 0 Å². The third kappa shape index (κ3) is 1.33. The van der Waals surface area contributed by atoms with Crippen LogP contribution in [0.1, 0.15) is 29.5 Å². The minimum absolute atomic E-state index is 0.0531. The highest BCUT2D eigenvalue weighted by Crippen LogP contribution is 2.44. The van der Waals surface area contributed by atoms with Gasteiger partial charge < -0.3 is 10.1 Å². The van der Waals surface area contributed by atoms with E-state index in [-0.39, 0.29) is 5.60 Å². The van der Waals surface area contributed by atoms with E-state index in [2.05, 4.69) is 25.2 Å². The van der Waals surface area contributed by atoms with Crippen LogP contribution in [-0.2, 0) is 11.3 Å². The molecule has 0 unspecified atom stereocenters. The molecule has 1 N–H and O–H groups in total. The molecule has 1 fully saturated rings. The van der Waals surface area contributed by atoms with Crippen LogP contribution in [-0.4, -0.2) is 18.7 Å². The van der Waals surface area contributed by atoms with Gasteiger partial charge >= 0.3 is 0 Å². The van der Waals surface area contributed by atoms with Gasteiger partial charge in [0.05, 0.1) is 12.2 Å². The number of nitrogens with one attached hydrogen (secondary N) is 1. The molecule has 86 valence electrons. The van der Waals surface area contributed by atoms with Crippen molar-refractivity contribution in [2.24, 2.45) is 0 Å². The van der Waals surface area contributed by atoms with Crippen LogP contribution in [0.4, 0.5) is 0 Å².